The summed E-state index contributed by atoms with van der Waals surface area (Å²) in [5, 5.41) is 0.331. The molecule has 1 fully saturated rings. The molecule has 2 N–H and O–H groups in total. The van der Waals surface area contributed by atoms with E-state index < -0.39 is 5.92 Å². The number of hydrogen-bond acceptors (Lipinski definition) is 3. The Bertz CT molecular complexity index is 354. The van der Waals surface area contributed by atoms with E-state index in [-0.39, 0.29) is 18.3 Å². The Morgan fingerprint density at radius 2 is 1.88 bits per heavy atom. The summed E-state index contributed by atoms with van der Waals surface area (Å²) in [6, 6.07) is 1.59. The van der Waals surface area contributed by atoms with Crippen molar-refractivity contribution in [2.45, 2.75) is 18.8 Å². The lowest BCUT2D eigenvalue weighted by Crippen LogP contribution is -2.39. The summed E-state index contributed by atoms with van der Waals surface area (Å²) in [6.45, 7) is 0.612. The summed E-state index contributed by atoms with van der Waals surface area (Å²) in [6.07, 6.45) is 1.08. The topological polar surface area (TPSA) is 60.5 Å². The average Bonchev–Trinajstić information content (AvgIpc) is 2.17. The largest absolute Gasteiger partial charge is 0.412 e. The fourth-order valence-electron chi connectivity index (χ4n) is 1.56. The highest BCUT2D eigenvalue weighted by Gasteiger charge is 2.34. The van der Waals surface area contributed by atoms with Crippen LogP contribution in [0.15, 0.2) is 12.4 Å². The van der Waals surface area contributed by atoms with E-state index in [1.165, 1.54) is 6.33 Å². The zero-order chi connectivity index (χ0) is 10.9. The van der Waals surface area contributed by atoms with Gasteiger partial charge in [0, 0.05) is 32.0 Å². The first-order valence-corrected chi connectivity index (χ1v) is 5.05. The highest BCUT2D eigenvalue weighted by molar-refractivity contribution is 6.29. The summed E-state index contributed by atoms with van der Waals surface area (Å²) in [5.74, 6) is -1.92. The van der Waals surface area contributed by atoms with E-state index in [2.05, 4.69) is 9.97 Å². The molecule has 0 amide bonds. The maximum Gasteiger partial charge on any atom is 0.251 e. The minimum absolute atomic E-state index is 0. The van der Waals surface area contributed by atoms with Crippen LogP contribution in [-0.2, 0) is 0 Å². The van der Waals surface area contributed by atoms with Crippen molar-refractivity contribution in [1.29, 1.82) is 0 Å². The zero-order valence-electron chi connectivity index (χ0n) is 8.46. The van der Waals surface area contributed by atoms with Gasteiger partial charge in [0.15, 0.2) is 0 Å². The molecule has 1 aromatic rings. The number of anilines is 1. The van der Waals surface area contributed by atoms with Crippen molar-refractivity contribution in [3.63, 3.8) is 0 Å². The summed E-state index contributed by atoms with van der Waals surface area (Å²) >= 11 is 5.69. The second kappa shape index (κ2) is 4.88. The predicted molar refractivity (Wildman–Crippen MR) is 57.0 cm³/mol. The van der Waals surface area contributed by atoms with Gasteiger partial charge in [0.1, 0.15) is 17.3 Å². The van der Waals surface area contributed by atoms with Crippen molar-refractivity contribution in [3.05, 3.63) is 17.5 Å². The van der Waals surface area contributed by atoms with Gasteiger partial charge in [-0.05, 0) is 0 Å². The van der Waals surface area contributed by atoms with Gasteiger partial charge in [-0.15, -0.1) is 0 Å². The zero-order valence-corrected chi connectivity index (χ0v) is 9.21. The first kappa shape index (κ1) is 13.1. The Hall–Kier alpha value is -1.01. The quantitative estimate of drug-likeness (QED) is 0.712. The van der Waals surface area contributed by atoms with E-state index in [1.54, 1.807) is 11.0 Å². The second-order valence-corrected chi connectivity index (χ2v) is 3.93. The molecule has 2 rings (SSSR count). The van der Waals surface area contributed by atoms with Gasteiger partial charge in [-0.2, -0.15) is 0 Å². The van der Waals surface area contributed by atoms with Crippen LogP contribution < -0.4 is 4.90 Å². The highest BCUT2D eigenvalue weighted by Crippen LogP contribution is 2.29. The van der Waals surface area contributed by atoms with Crippen LogP contribution in [0.1, 0.15) is 12.8 Å². The van der Waals surface area contributed by atoms with Gasteiger partial charge in [-0.25, -0.2) is 18.7 Å². The van der Waals surface area contributed by atoms with Gasteiger partial charge >= 0.3 is 0 Å². The van der Waals surface area contributed by atoms with Crippen molar-refractivity contribution in [3.8, 4) is 0 Å². The van der Waals surface area contributed by atoms with E-state index in [1.807, 2.05) is 0 Å². The molecule has 2 heterocycles. The SMILES string of the molecule is FC1(F)CCN(c2cc(Cl)ncn2)CC1.O. The molecule has 0 spiro atoms. The van der Waals surface area contributed by atoms with Crippen molar-refractivity contribution >= 4 is 17.4 Å². The standard InChI is InChI=1S/C9H10ClF2N3.H2O/c10-7-5-8(14-6-13-7)15-3-1-9(11,12)2-4-15;/h5-6H,1-4H2;1H2. The molecule has 0 saturated carbocycles. The second-order valence-electron chi connectivity index (χ2n) is 3.54. The van der Waals surface area contributed by atoms with Crippen LogP contribution in [0.5, 0.6) is 0 Å². The number of piperidine rings is 1. The number of aromatic nitrogens is 2. The highest BCUT2D eigenvalue weighted by atomic mass is 35.5. The molecule has 0 aromatic carbocycles. The molecule has 7 heteroatoms. The molecule has 1 aliphatic rings. The third kappa shape index (κ3) is 2.99. The third-order valence-corrected chi connectivity index (χ3v) is 2.64. The predicted octanol–water partition coefficient (Wildman–Crippen LogP) is 1.54. The van der Waals surface area contributed by atoms with Crippen molar-refractivity contribution in [1.82, 2.24) is 9.97 Å². The number of halogens is 3. The van der Waals surface area contributed by atoms with Gasteiger partial charge in [0.05, 0.1) is 0 Å². The molecule has 1 aromatic heterocycles. The molecule has 0 atom stereocenters. The molecular formula is C9H12ClF2N3O. The Morgan fingerprint density at radius 1 is 1.25 bits per heavy atom. The lowest BCUT2D eigenvalue weighted by atomic mass is 10.1. The minimum atomic E-state index is -2.53. The fraction of sp³-hybridized carbons (Fsp3) is 0.556. The number of hydrogen-bond donors (Lipinski definition) is 0. The van der Waals surface area contributed by atoms with E-state index in [0.717, 1.165) is 0 Å². The number of nitrogens with zero attached hydrogens (tertiary/aromatic N) is 3. The summed E-state index contributed by atoms with van der Waals surface area (Å²) < 4.78 is 25.8. The summed E-state index contributed by atoms with van der Waals surface area (Å²) in [5.41, 5.74) is 0. The molecule has 16 heavy (non-hydrogen) atoms. The molecule has 0 aliphatic carbocycles. The van der Waals surface area contributed by atoms with E-state index in [4.69, 9.17) is 11.6 Å². The molecule has 0 radical (unpaired) electrons. The van der Waals surface area contributed by atoms with Crippen LogP contribution in [-0.4, -0.2) is 34.5 Å². The normalized spacial score (nSPS) is 19.1. The van der Waals surface area contributed by atoms with Crippen molar-refractivity contribution in [2.75, 3.05) is 18.0 Å². The first-order valence-electron chi connectivity index (χ1n) is 4.67. The van der Waals surface area contributed by atoms with Gasteiger partial charge in [0.2, 0.25) is 0 Å². The summed E-state index contributed by atoms with van der Waals surface area (Å²) in [7, 11) is 0. The first-order chi connectivity index (χ1) is 7.07. The van der Waals surface area contributed by atoms with Crippen molar-refractivity contribution in [2.24, 2.45) is 0 Å². The third-order valence-electron chi connectivity index (χ3n) is 2.44. The summed E-state index contributed by atoms with van der Waals surface area (Å²) in [4.78, 5) is 9.54. The van der Waals surface area contributed by atoms with Crippen LogP contribution in [0.3, 0.4) is 0 Å². The molecule has 0 bridgehead atoms. The minimum Gasteiger partial charge on any atom is -0.412 e. The molecule has 90 valence electrons. The lowest BCUT2D eigenvalue weighted by molar-refractivity contribution is -0.0221. The van der Waals surface area contributed by atoms with Crippen LogP contribution >= 0.6 is 11.6 Å². The van der Waals surface area contributed by atoms with Crippen molar-refractivity contribution < 1.29 is 14.3 Å². The Labute approximate surface area is 96.6 Å². The Morgan fingerprint density at radius 3 is 2.44 bits per heavy atom. The van der Waals surface area contributed by atoms with Crippen LogP contribution in [0.2, 0.25) is 5.15 Å². The van der Waals surface area contributed by atoms with E-state index >= 15 is 0 Å². The van der Waals surface area contributed by atoms with E-state index in [0.29, 0.717) is 24.1 Å². The molecule has 4 nitrogen and oxygen atoms in total. The van der Waals surface area contributed by atoms with Gasteiger partial charge < -0.3 is 10.4 Å². The van der Waals surface area contributed by atoms with E-state index in [9.17, 15) is 8.78 Å². The smallest absolute Gasteiger partial charge is 0.251 e. The Balaban J connectivity index is 0.00000128. The van der Waals surface area contributed by atoms with Gasteiger partial charge in [-0.3, -0.25) is 0 Å². The molecule has 1 aliphatic heterocycles. The van der Waals surface area contributed by atoms with Gasteiger partial charge in [-0.1, -0.05) is 11.6 Å². The average molecular weight is 252 g/mol. The van der Waals surface area contributed by atoms with Crippen LogP contribution in [0.4, 0.5) is 14.6 Å². The van der Waals surface area contributed by atoms with Crippen LogP contribution in [0, 0.1) is 0 Å². The molecule has 1 saturated heterocycles. The lowest BCUT2D eigenvalue weighted by Gasteiger charge is -2.32. The fourth-order valence-corrected chi connectivity index (χ4v) is 1.70. The van der Waals surface area contributed by atoms with Gasteiger partial charge in [0.25, 0.3) is 5.92 Å². The monoisotopic (exact) mass is 251 g/mol. The number of alkyl halides is 2. The maximum absolute atomic E-state index is 12.9. The number of rotatable bonds is 1. The molecule has 0 unspecified atom stereocenters. The Kier molecular flexibility index (Phi) is 3.98. The molecular weight excluding hydrogens is 240 g/mol. The van der Waals surface area contributed by atoms with Crippen LogP contribution in [0.25, 0.3) is 0 Å². The maximum atomic E-state index is 12.9.